The first-order chi connectivity index (χ1) is 16.9. The molecule has 9 nitrogen and oxygen atoms in total. The Morgan fingerprint density at radius 3 is 1.26 bits per heavy atom. The van der Waals surface area contributed by atoms with Gasteiger partial charge in [0, 0.05) is 58.9 Å². The van der Waals surface area contributed by atoms with Crippen LogP contribution in [0.5, 0.6) is 0 Å². The molecule has 0 atom stereocenters. The van der Waals surface area contributed by atoms with Crippen LogP contribution >= 0.6 is 0 Å². The Balaban J connectivity index is 2.99. The van der Waals surface area contributed by atoms with Crippen LogP contribution < -0.4 is 31.9 Å². The third-order valence-corrected chi connectivity index (χ3v) is 5.40. The summed E-state index contributed by atoms with van der Waals surface area (Å²) in [7, 11) is 0. The van der Waals surface area contributed by atoms with Gasteiger partial charge in [0.1, 0.15) is 0 Å². The van der Waals surface area contributed by atoms with E-state index in [2.05, 4.69) is 38.8 Å². The van der Waals surface area contributed by atoms with E-state index in [-0.39, 0.29) is 6.61 Å². The molecule has 0 unspecified atom stereocenters. The van der Waals surface area contributed by atoms with E-state index in [9.17, 15) is 0 Å². The van der Waals surface area contributed by atoms with Gasteiger partial charge >= 0.3 is 0 Å². The molecule has 0 aromatic carbocycles. The summed E-state index contributed by atoms with van der Waals surface area (Å²) in [5, 5.41) is 29.2. The molecular formula is C25H58N6O3. The summed E-state index contributed by atoms with van der Waals surface area (Å²) in [5.74, 6) is 0. The molecule has 0 aromatic heterocycles. The molecule has 0 amide bonds. The van der Waals surface area contributed by atoms with E-state index in [1.165, 1.54) is 44.9 Å². The summed E-state index contributed by atoms with van der Waals surface area (Å²) in [4.78, 5) is 0. The second-order valence-corrected chi connectivity index (χ2v) is 8.53. The number of rotatable bonds is 31. The molecule has 0 aliphatic carbocycles. The molecule has 0 aromatic rings. The van der Waals surface area contributed by atoms with Crippen molar-refractivity contribution in [2.75, 3.05) is 112 Å². The highest BCUT2D eigenvalue weighted by Gasteiger charge is 1.94. The van der Waals surface area contributed by atoms with Crippen LogP contribution in [0.25, 0.3) is 0 Å². The van der Waals surface area contributed by atoms with Crippen molar-refractivity contribution in [3.8, 4) is 0 Å². The highest BCUT2D eigenvalue weighted by molar-refractivity contribution is 4.57. The molecule has 0 saturated heterocycles. The number of unbranched alkanes of at least 4 members (excludes halogenated alkanes) is 6. The molecule has 34 heavy (non-hydrogen) atoms. The highest BCUT2D eigenvalue weighted by atomic mass is 16.5. The molecule has 0 radical (unpaired) electrons. The molecule has 0 fully saturated rings. The molecule has 0 rings (SSSR count). The molecule has 0 bridgehead atoms. The van der Waals surface area contributed by atoms with Crippen LogP contribution in [-0.4, -0.2) is 117 Å². The number of aliphatic hydroxyl groups is 1. The van der Waals surface area contributed by atoms with Crippen LogP contribution in [0.2, 0.25) is 0 Å². The molecular weight excluding hydrogens is 432 g/mol. The van der Waals surface area contributed by atoms with E-state index < -0.39 is 0 Å². The zero-order valence-electron chi connectivity index (χ0n) is 22.2. The third kappa shape index (κ3) is 31.6. The summed E-state index contributed by atoms with van der Waals surface area (Å²) in [5.41, 5.74) is 0. The Morgan fingerprint density at radius 1 is 0.412 bits per heavy atom. The number of aliphatic hydroxyl groups excluding tert-OH is 1. The standard InChI is InChI=1S/C25H58N6O3/c1-2-26-12-13-29-16-14-27-10-8-6-4-3-5-7-9-11-28-15-17-30-18-19-31-20-22-33-24-25-34-23-21-32/h26-32H,2-25H2,1H3. The van der Waals surface area contributed by atoms with Gasteiger partial charge in [0.2, 0.25) is 0 Å². The second-order valence-electron chi connectivity index (χ2n) is 8.53. The van der Waals surface area contributed by atoms with E-state index in [0.717, 1.165) is 78.5 Å². The fraction of sp³-hybridized carbons (Fsp3) is 1.00. The van der Waals surface area contributed by atoms with Crippen LogP contribution in [0.1, 0.15) is 51.9 Å². The van der Waals surface area contributed by atoms with Gasteiger partial charge in [0.05, 0.1) is 33.0 Å². The second kappa shape index (κ2) is 32.6. The van der Waals surface area contributed by atoms with E-state index in [1.54, 1.807) is 0 Å². The lowest BCUT2D eigenvalue weighted by Gasteiger charge is -2.08. The van der Waals surface area contributed by atoms with Gasteiger partial charge in [-0.2, -0.15) is 0 Å². The van der Waals surface area contributed by atoms with Crippen molar-refractivity contribution in [2.24, 2.45) is 0 Å². The molecule has 7 N–H and O–H groups in total. The van der Waals surface area contributed by atoms with Gasteiger partial charge in [0.25, 0.3) is 0 Å². The van der Waals surface area contributed by atoms with E-state index in [1.807, 2.05) is 0 Å². The smallest absolute Gasteiger partial charge is 0.0701 e. The van der Waals surface area contributed by atoms with Gasteiger partial charge in [-0.1, -0.05) is 39.0 Å². The van der Waals surface area contributed by atoms with Crippen LogP contribution in [-0.2, 0) is 9.47 Å². The van der Waals surface area contributed by atoms with Gasteiger partial charge in [-0.25, -0.2) is 0 Å². The monoisotopic (exact) mass is 490 g/mol. The number of ether oxygens (including phenoxy) is 2. The fourth-order valence-electron chi connectivity index (χ4n) is 3.42. The predicted octanol–water partition coefficient (Wildman–Crippen LogP) is 0.300. The molecule has 0 heterocycles. The molecule has 0 saturated carbocycles. The van der Waals surface area contributed by atoms with Crippen molar-refractivity contribution < 1.29 is 14.6 Å². The predicted molar refractivity (Wildman–Crippen MR) is 144 cm³/mol. The first kappa shape index (κ1) is 33.6. The maximum absolute atomic E-state index is 8.58. The molecule has 9 heteroatoms. The SMILES string of the molecule is CCNCCNCCNCCCCCCCCCNCCNCCNCCOCCOCCO. The largest absolute Gasteiger partial charge is 0.394 e. The van der Waals surface area contributed by atoms with Crippen LogP contribution in [0.3, 0.4) is 0 Å². The van der Waals surface area contributed by atoms with Crippen LogP contribution in [0.4, 0.5) is 0 Å². The summed E-state index contributed by atoms with van der Waals surface area (Å²) in [6.07, 6.45) is 9.41. The Hall–Kier alpha value is -0.360. The zero-order valence-corrected chi connectivity index (χ0v) is 22.2. The number of likely N-dealkylation sites (N-methyl/N-ethyl adjacent to an activating group) is 1. The summed E-state index contributed by atoms with van der Waals surface area (Å²) in [6.45, 7) is 16.8. The van der Waals surface area contributed by atoms with Gasteiger partial charge in [0.15, 0.2) is 0 Å². The highest BCUT2D eigenvalue weighted by Crippen LogP contribution is 2.06. The first-order valence-electron chi connectivity index (χ1n) is 13.9. The minimum absolute atomic E-state index is 0.0691. The maximum Gasteiger partial charge on any atom is 0.0701 e. The Bertz CT molecular complexity index is 325. The average molecular weight is 491 g/mol. The minimum atomic E-state index is 0.0691. The minimum Gasteiger partial charge on any atom is -0.394 e. The normalized spacial score (nSPS) is 11.5. The van der Waals surface area contributed by atoms with Crippen molar-refractivity contribution >= 4 is 0 Å². The Morgan fingerprint density at radius 2 is 0.794 bits per heavy atom. The van der Waals surface area contributed by atoms with Gasteiger partial charge in [-0.3, -0.25) is 0 Å². The molecule has 0 aliphatic heterocycles. The number of hydrogen-bond acceptors (Lipinski definition) is 9. The lowest BCUT2D eigenvalue weighted by molar-refractivity contribution is 0.0341. The van der Waals surface area contributed by atoms with Crippen molar-refractivity contribution in [1.82, 2.24) is 31.9 Å². The Kier molecular flexibility index (Phi) is 32.3. The van der Waals surface area contributed by atoms with Crippen molar-refractivity contribution in [2.45, 2.75) is 51.9 Å². The van der Waals surface area contributed by atoms with Crippen LogP contribution in [0.15, 0.2) is 0 Å². The topological polar surface area (TPSA) is 111 Å². The molecule has 0 aliphatic rings. The quantitative estimate of drug-likeness (QED) is 0.0690. The summed E-state index contributed by atoms with van der Waals surface area (Å²) in [6, 6.07) is 0. The van der Waals surface area contributed by atoms with E-state index in [0.29, 0.717) is 26.4 Å². The van der Waals surface area contributed by atoms with Gasteiger partial charge in [-0.15, -0.1) is 0 Å². The Labute approximate surface area is 210 Å². The van der Waals surface area contributed by atoms with Gasteiger partial charge in [-0.05, 0) is 32.5 Å². The molecule has 206 valence electrons. The maximum atomic E-state index is 8.58. The number of nitrogens with one attached hydrogen (secondary N) is 6. The summed E-state index contributed by atoms with van der Waals surface area (Å²) >= 11 is 0. The average Bonchev–Trinajstić information content (AvgIpc) is 2.85. The third-order valence-electron chi connectivity index (χ3n) is 5.40. The zero-order chi connectivity index (χ0) is 24.6. The lowest BCUT2D eigenvalue weighted by atomic mass is 10.1. The fourth-order valence-corrected chi connectivity index (χ4v) is 3.42. The van der Waals surface area contributed by atoms with Crippen LogP contribution in [0, 0.1) is 0 Å². The molecule has 0 spiro atoms. The van der Waals surface area contributed by atoms with Crippen molar-refractivity contribution in [1.29, 1.82) is 0 Å². The van der Waals surface area contributed by atoms with Crippen molar-refractivity contribution in [3.63, 3.8) is 0 Å². The summed E-state index contributed by atoms with van der Waals surface area (Å²) < 4.78 is 10.6. The van der Waals surface area contributed by atoms with Gasteiger partial charge < -0.3 is 46.5 Å². The first-order valence-corrected chi connectivity index (χ1v) is 13.9. The van der Waals surface area contributed by atoms with E-state index >= 15 is 0 Å². The lowest BCUT2D eigenvalue weighted by Crippen LogP contribution is -2.34. The van der Waals surface area contributed by atoms with E-state index in [4.69, 9.17) is 14.6 Å². The van der Waals surface area contributed by atoms with Crippen molar-refractivity contribution in [3.05, 3.63) is 0 Å². The number of hydrogen-bond donors (Lipinski definition) is 7.